The Kier molecular flexibility index (Phi) is 7.99. The lowest BCUT2D eigenvalue weighted by atomic mass is 9.97. The van der Waals surface area contributed by atoms with E-state index in [1.165, 1.54) is 26.9 Å². The molecule has 0 saturated carbocycles. The number of piperidine rings is 1. The number of anilines is 1. The van der Waals surface area contributed by atoms with E-state index >= 15 is 0 Å². The van der Waals surface area contributed by atoms with Crippen molar-refractivity contribution in [1.29, 1.82) is 0 Å². The molecule has 0 aliphatic carbocycles. The second-order valence-corrected chi connectivity index (χ2v) is 11.8. The predicted octanol–water partition coefficient (Wildman–Crippen LogP) is 5.98. The summed E-state index contributed by atoms with van der Waals surface area (Å²) in [6.45, 7) is 2.63. The van der Waals surface area contributed by atoms with Gasteiger partial charge < -0.3 is 5.32 Å². The molecule has 1 aliphatic rings. The SMILES string of the molecule is Cc1cc(CSc2ccccc2)ccc1NC(=O)C1CCN(S(=O)(=O)c2ccc(Cl)cc2)CC1. The summed E-state index contributed by atoms with van der Waals surface area (Å²) in [5.74, 6) is 0.585. The van der Waals surface area contributed by atoms with Crippen LogP contribution in [0, 0.1) is 12.8 Å². The van der Waals surface area contributed by atoms with Gasteiger partial charge in [0.05, 0.1) is 4.90 Å². The van der Waals surface area contributed by atoms with E-state index in [0.29, 0.717) is 31.0 Å². The van der Waals surface area contributed by atoms with Gasteiger partial charge in [-0.05, 0) is 73.4 Å². The van der Waals surface area contributed by atoms with Crippen molar-refractivity contribution in [3.63, 3.8) is 0 Å². The first-order valence-corrected chi connectivity index (χ1v) is 14.0. The maximum atomic E-state index is 12.9. The van der Waals surface area contributed by atoms with E-state index in [1.54, 1.807) is 23.9 Å². The molecule has 1 N–H and O–H groups in total. The third-order valence-corrected chi connectivity index (χ3v) is 9.22. The predicted molar refractivity (Wildman–Crippen MR) is 139 cm³/mol. The number of amides is 1. The molecule has 8 heteroatoms. The largest absolute Gasteiger partial charge is 0.326 e. The van der Waals surface area contributed by atoms with Gasteiger partial charge in [0.2, 0.25) is 15.9 Å². The molecule has 1 aliphatic heterocycles. The smallest absolute Gasteiger partial charge is 0.243 e. The molecule has 0 radical (unpaired) electrons. The number of sulfonamides is 1. The van der Waals surface area contributed by atoms with Crippen LogP contribution in [0.4, 0.5) is 5.69 Å². The minimum Gasteiger partial charge on any atom is -0.326 e. The summed E-state index contributed by atoms with van der Waals surface area (Å²) in [6.07, 6.45) is 0.979. The van der Waals surface area contributed by atoms with Crippen molar-refractivity contribution in [3.8, 4) is 0 Å². The van der Waals surface area contributed by atoms with Crippen LogP contribution < -0.4 is 5.32 Å². The van der Waals surface area contributed by atoms with Crippen LogP contribution in [0.3, 0.4) is 0 Å². The number of carbonyl (C=O) groups excluding carboxylic acids is 1. The summed E-state index contributed by atoms with van der Waals surface area (Å²) in [5, 5.41) is 3.54. The molecule has 0 unspecified atom stereocenters. The third-order valence-electron chi connectivity index (χ3n) is 5.97. The standard InChI is InChI=1S/C26H27ClN2O3S2/c1-19-17-20(18-33-23-5-3-2-4-6-23)7-12-25(19)28-26(30)21-13-15-29(16-14-21)34(31,32)24-10-8-22(27)9-11-24/h2-12,17,21H,13-16,18H2,1H3,(H,28,30). The minimum absolute atomic E-state index is 0.0574. The van der Waals surface area contributed by atoms with Crippen molar-refractivity contribution in [2.75, 3.05) is 18.4 Å². The number of thioether (sulfide) groups is 1. The van der Waals surface area contributed by atoms with E-state index in [4.69, 9.17) is 11.6 Å². The van der Waals surface area contributed by atoms with E-state index in [2.05, 4.69) is 23.5 Å². The highest BCUT2D eigenvalue weighted by Crippen LogP contribution is 2.28. The zero-order chi connectivity index (χ0) is 24.1. The number of benzene rings is 3. The number of rotatable bonds is 7. The van der Waals surface area contributed by atoms with Crippen LogP contribution in [0.15, 0.2) is 82.6 Å². The second kappa shape index (κ2) is 11.0. The Hall–Kier alpha value is -2.32. The molecule has 178 valence electrons. The van der Waals surface area contributed by atoms with Gasteiger partial charge in [0.1, 0.15) is 0 Å². The van der Waals surface area contributed by atoms with Crippen molar-refractivity contribution in [2.45, 2.75) is 35.3 Å². The lowest BCUT2D eigenvalue weighted by Gasteiger charge is -2.30. The van der Waals surface area contributed by atoms with Gasteiger partial charge in [-0.15, -0.1) is 11.8 Å². The minimum atomic E-state index is -3.58. The summed E-state index contributed by atoms with van der Waals surface area (Å²) < 4.78 is 27.2. The van der Waals surface area contributed by atoms with Crippen LogP contribution in [0.2, 0.25) is 5.02 Å². The highest BCUT2D eigenvalue weighted by atomic mass is 35.5. The monoisotopic (exact) mass is 514 g/mol. The highest BCUT2D eigenvalue weighted by Gasteiger charge is 2.32. The maximum absolute atomic E-state index is 12.9. The molecule has 0 bridgehead atoms. The number of hydrogen-bond acceptors (Lipinski definition) is 4. The molecule has 0 spiro atoms. The number of carbonyl (C=O) groups is 1. The molecule has 1 saturated heterocycles. The zero-order valence-corrected chi connectivity index (χ0v) is 21.3. The lowest BCUT2D eigenvalue weighted by molar-refractivity contribution is -0.120. The molecule has 0 aromatic heterocycles. The molecule has 0 atom stereocenters. The summed E-state index contributed by atoms with van der Waals surface area (Å²) in [6, 6.07) is 22.5. The Bertz CT molecular complexity index is 1240. The van der Waals surface area contributed by atoms with Crippen molar-refractivity contribution in [3.05, 3.63) is 88.9 Å². The van der Waals surface area contributed by atoms with Gasteiger partial charge in [-0.1, -0.05) is 41.9 Å². The van der Waals surface area contributed by atoms with E-state index in [9.17, 15) is 13.2 Å². The molecule has 1 heterocycles. The summed E-state index contributed by atoms with van der Waals surface area (Å²) >= 11 is 7.65. The Morgan fingerprint density at radius 2 is 1.71 bits per heavy atom. The van der Waals surface area contributed by atoms with E-state index < -0.39 is 10.0 Å². The number of hydrogen-bond donors (Lipinski definition) is 1. The molecule has 5 nitrogen and oxygen atoms in total. The second-order valence-electron chi connectivity index (χ2n) is 8.37. The zero-order valence-electron chi connectivity index (χ0n) is 18.9. The van der Waals surface area contributed by atoms with Crippen LogP contribution >= 0.6 is 23.4 Å². The van der Waals surface area contributed by atoms with E-state index in [-0.39, 0.29) is 16.7 Å². The molecule has 1 amide bonds. The highest BCUT2D eigenvalue weighted by molar-refractivity contribution is 7.98. The normalized spacial score (nSPS) is 15.2. The Balaban J connectivity index is 1.31. The van der Waals surface area contributed by atoms with Crippen molar-refractivity contribution >= 4 is 45.0 Å². The van der Waals surface area contributed by atoms with E-state index in [1.807, 2.05) is 37.3 Å². The number of nitrogens with one attached hydrogen (secondary N) is 1. The molecule has 3 aromatic carbocycles. The van der Waals surface area contributed by atoms with Gasteiger partial charge in [0, 0.05) is 40.4 Å². The van der Waals surface area contributed by atoms with E-state index in [0.717, 1.165) is 17.0 Å². The molecular formula is C26H27ClN2O3S2. The van der Waals surface area contributed by atoms with Gasteiger partial charge in [-0.3, -0.25) is 4.79 Å². The Morgan fingerprint density at radius 3 is 2.35 bits per heavy atom. The fraction of sp³-hybridized carbons (Fsp3) is 0.269. The number of nitrogens with zero attached hydrogens (tertiary/aromatic N) is 1. The van der Waals surface area contributed by atoms with Crippen LogP contribution in [0.5, 0.6) is 0 Å². The van der Waals surface area contributed by atoms with Gasteiger partial charge in [-0.2, -0.15) is 4.31 Å². The van der Waals surface area contributed by atoms with Crippen LogP contribution in [0.1, 0.15) is 24.0 Å². The van der Waals surface area contributed by atoms with Crippen LogP contribution in [-0.4, -0.2) is 31.7 Å². The van der Waals surface area contributed by atoms with Gasteiger partial charge in [0.15, 0.2) is 0 Å². The molecule has 3 aromatic rings. The molecular weight excluding hydrogens is 488 g/mol. The number of aryl methyl sites for hydroxylation is 1. The first kappa shape index (κ1) is 24.8. The van der Waals surface area contributed by atoms with Crippen molar-refractivity contribution in [1.82, 2.24) is 4.31 Å². The Labute approximate surface area is 210 Å². The summed E-state index contributed by atoms with van der Waals surface area (Å²) in [4.78, 5) is 14.3. The van der Waals surface area contributed by atoms with Gasteiger partial charge in [-0.25, -0.2) is 8.42 Å². The van der Waals surface area contributed by atoms with Crippen molar-refractivity contribution in [2.24, 2.45) is 5.92 Å². The lowest BCUT2D eigenvalue weighted by Crippen LogP contribution is -2.41. The average Bonchev–Trinajstić information content (AvgIpc) is 2.85. The van der Waals surface area contributed by atoms with Gasteiger partial charge in [0.25, 0.3) is 0 Å². The fourth-order valence-electron chi connectivity index (χ4n) is 3.99. The maximum Gasteiger partial charge on any atom is 0.243 e. The molecule has 4 rings (SSSR count). The first-order chi connectivity index (χ1) is 16.3. The summed E-state index contributed by atoms with van der Waals surface area (Å²) in [5.41, 5.74) is 3.02. The van der Waals surface area contributed by atoms with Crippen LogP contribution in [0.25, 0.3) is 0 Å². The number of halogens is 1. The quantitative estimate of drug-likeness (QED) is 0.394. The average molecular weight is 515 g/mol. The fourth-order valence-corrected chi connectivity index (χ4v) is 6.45. The first-order valence-electron chi connectivity index (χ1n) is 11.2. The topological polar surface area (TPSA) is 66.5 Å². The van der Waals surface area contributed by atoms with Crippen molar-refractivity contribution < 1.29 is 13.2 Å². The summed E-state index contributed by atoms with van der Waals surface area (Å²) in [7, 11) is -3.58. The van der Waals surface area contributed by atoms with Crippen LogP contribution in [-0.2, 0) is 20.6 Å². The molecule has 1 fully saturated rings. The third kappa shape index (κ3) is 6.02. The Morgan fingerprint density at radius 1 is 1.03 bits per heavy atom. The molecule has 34 heavy (non-hydrogen) atoms. The van der Waals surface area contributed by atoms with Gasteiger partial charge >= 0.3 is 0 Å².